The predicted molar refractivity (Wildman–Crippen MR) is 77.6 cm³/mol. The minimum atomic E-state index is -3.51. The molecule has 20 heavy (non-hydrogen) atoms. The van der Waals surface area contributed by atoms with Crippen LogP contribution >= 0.6 is 0 Å². The highest BCUT2D eigenvalue weighted by atomic mass is 32.2. The van der Waals surface area contributed by atoms with Gasteiger partial charge in [-0.25, -0.2) is 8.42 Å². The lowest BCUT2D eigenvalue weighted by Gasteiger charge is -2.10. The molecule has 0 bridgehead atoms. The Labute approximate surface area is 118 Å². The highest BCUT2D eigenvalue weighted by Gasteiger charge is 2.13. The molecule has 106 valence electrons. The Bertz CT molecular complexity index is 699. The molecule has 0 unspecified atom stereocenters. The second-order valence-corrected chi connectivity index (χ2v) is 6.25. The fourth-order valence-electron chi connectivity index (χ4n) is 1.81. The van der Waals surface area contributed by atoms with Gasteiger partial charge < -0.3 is 5.11 Å². The van der Waals surface area contributed by atoms with Crippen molar-refractivity contribution in [3.05, 3.63) is 59.4 Å². The summed E-state index contributed by atoms with van der Waals surface area (Å²) in [4.78, 5) is 3.90. The Morgan fingerprint density at radius 3 is 2.70 bits per heavy atom. The van der Waals surface area contributed by atoms with Gasteiger partial charge in [0.2, 0.25) is 10.0 Å². The van der Waals surface area contributed by atoms with E-state index in [1.54, 1.807) is 36.5 Å². The van der Waals surface area contributed by atoms with Crippen LogP contribution in [0.5, 0.6) is 0 Å². The Balaban J connectivity index is 2.17. The van der Waals surface area contributed by atoms with E-state index >= 15 is 0 Å². The minimum absolute atomic E-state index is 0.108. The van der Waals surface area contributed by atoms with Gasteiger partial charge in [-0.1, -0.05) is 24.3 Å². The van der Waals surface area contributed by atoms with Crippen LogP contribution in [-0.4, -0.2) is 18.5 Å². The third-order valence-electron chi connectivity index (χ3n) is 2.84. The molecule has 2 N–H and O–H groups in total. The first kappa shape index (κ1) is 14.5. The van der Waals surface area contributed by atoms with Gasteiger partial charge in [0.25, 0.3) is 0 Å². The largest absolute Gasteiger partial charge is 0.392 e. The van der Waals surface area contributed by atoms with Crippen LogP contribution < -0.4 is 4.72 Å². The molecule has 2 rings (SSSR count). The van der Waals surface area contributed by atoms with Gasteiger partial charge in [-0.3, -0.25) is 9.71 Å². The number of benzene rings is 1. The van der Waals surface area contributed by atoms with Gasteiger partial charge in [-0.05, 0) is 29.7 Å². The normalized spacial score (nSPS) is 11.3. The average Bonchev–Trinajstić information content (AvgIpc) is 2.41. The Morgan fingerprint density at radius 2 is 2.00 bits per heavy atom. The van der Waals surface area contributed by atoms with Gasteiger partial charge in [0.05, 0.1) is 24.2 Å². The molecule has 0 aliphatic rings. The molecule has 0 radical (unpaired) electrons. The van der Waals surface area contributed by atoms with Crippen LogP contribution in [0.25, 0.3) is 0 Å². The topological polar surface area (TPSA) is 79.3 Å². The van der Waals surface area contributed by atoms with Crippen LogP contribution in [0.4, 0.5) is 5.69 Å². The summed E-state index contributed by atoms with van der Waals surface area (Å²) in [6, 6.07) is 8.61. The summed E-state index contributed by atoms with van der Waals surface area (Å²) in [5.74, 6) is -0.144. The zero-order valence-corrected chi connectivity index (χ0v) is 11.9. The fraction of sp³-hybridized carbons (Fsp3) is 0.214. The molecule has 0 aliphatic carbocycles. The minimum Gasteiger partial charge on any atom is -0.392 e. The fourth-order valence-corrected chi connectivity index (χ4v) is 3.05. The van der Waals surface area contributed by atoms with E-state index in [1.165, 1.54) is 6.20 Å². The van der Waals surface area contributed by atoms with Crippen molar-refractivity contribution in [2.75, 3.05) is 4.72 Å². The van der Waals surface area contributed by atoms with Gasteiger partial charge in [-0.15, -0.1) is 0 Å². The number of aromatic nitrogens is 1. The maximum atomic E-state index is 12.1. The van der Waals surface area contributed by atoms with E-state index < -0.39 is 10.0 Å². The van der Waals surface area contributed by atoms with E-state index in [9.17, 15) is 8.42 Å². The Morgan fingerprint density at radius 1 is 1.25 bits per heavy atom. The average molecular weight is 292 g/mol. The first-order valence-corrected chi connectivity index (χ1v) is 7.75. The summed E-state index contributed by atoms with van der Waals surface area (Å²) in [6.45, 7) is 1.70. The van der Waals surface area contributed by atoms with E-state index in [-0.39, 0.29) is 12.4 Å². The van der Waals surface area contributed by atoms with E-state index in [2.05, 4.69) is 9.71 Å². The van der Waals surface area contributed by atoms with Crippen molar-refractivity contribution in [2.24, 2.45) is 0 Å². The van der Waals surface area contributed by atoms with Crippen LogP contribution in [0.2, 0.25) is 0 Å². The quantitative estimate of drug-likeness (QED) is 0.881. The van der Waals surface area contributed by atoms with Gasteiger partial charge >= 0.3 is 0 Å². The molecule has 0 atom stereocenters. The highest BCUT2D eigenvalue weighted by molar-refractivity contribution is 7.91. The number of aliphatic hydroxyl groups is 1. The van der Waals surface area contributed by atoms with Crippen molar-refractivity contribution in [3.8, 4) is 0 Å². The summed E-state index contributed by atoms with van der Waals surface area (Å²) in [6.07, 6.45) is 3.09. The number of nitrogens with zero attached hydrogens (tertiary/aromatic N) is 1. The maximum Gasteiger partial charge on any atom is 0.236 e. The van der Waals surface area contributed by atoms with Crippen molar-refractivity contribution in [3.63, 3.8) is 0 Å². The maximum absolute atomic E-state index is 12.1. The van der Waals surface area contributed by atoms with E-state index in [1.807, 2.05) is 6.92 Å². The molecule has 2 aromatic rings. The van der Waals surface area contributed by atoms with E-state index in [0.29, 0.717) is 16.8 Å². The van der Waals surface area contributed by atoms with Crippen molar-refractivity contribution < 1.29 is 13.5 Å². The second kappa shape index (κ2) is 6.02. The van der Waals surface area contributed by atoms with Crippen LogP contribution in [0.1, 0.15) is 16.7 Å². The first-order valence-electron chi connectivity index (χ1n) is 6.10. The molecule has 0 fully saturated rings. The first-order chi connectivity index (χ1) is 9.50. The monoisotopic (exact) mass is 292 g/mol. The van der Waals surface area contributed by atoms with Gasteiger partial charge in [-0.2, -0.15) is 0 Å². The standard InChI is InChI=1S/C14H16N2O3S/c1-11-5-6-15-8-14(11)16-20(18,19)10-13-4-2-3-12(7-13)9-17/h2-8,16-17H,9-10H2,1H3. The molecular weight excluding hydrogens is 276 g/mol. The lowest BCUT2D eigenvalue weighted by atomic mass is 10.1. The number of rotatable bonds is 5. The smallest absolute Gasteiger partial charge is 0.236 e. The molecule has 0 amide bonds. The molecular formula is C14H16N2O3S. The summed E-state index contributed by atoms with van der Waals surface area (Å²) >= 11 is 0. The van der Waals surface area contributed by atoms with Crippen molar-refractivity contribution >= 4 is 15.7 Å². The van der Waals surface area contributed by atoms with Crippen LogP contribution in [0.3, 0.4) is 0 Å². The van der Waals surface area contributed by atoms with Crippen molar-refractivity contribution in [1.29, 1.82) is 0 Å². The molecule has 1 heterocycles. The predicted octanol–water partition coefficient (Wildman–Crippen LogP) is 1.82. The molecule has 1 aromatic heterocycles. The lowest BCUT2D eigenvalue weighted by Crippen LogP contribution is -2.16. The number of aryl methyl sites for hydroxylation is 1. The number of sulfonamides is 1. The SMILES string of the molecule is Cc1ccncc1NS(=O)(=O)Cc1cccc(CO)c1. The summed E-state index contributed by atoms with van der Waals surface area (Å²) in [7, 11) is -3.51. The molecule has 6 heteroatoms. The van der Waals surface area contributed by atoms with Gasteiger partial charge in [0.15, 0.2) is 0 Å². The number of pyridine rings is 1. The van der Waals surface area contributed by atoms with Crippen LogP contribution in [-0.2, 0) is 22.4 Å². The lowest BCUT2D eigenvalue weighted by molar-refractivity contribution is 0.282. The highest BCUT2D eigenvalue weighted by Crippen LogP contribution is 2.16. The van der Waals surface area contributed by atoms with Crippen LogP contribution in [0.15, 0.2) is 42.7 Å². The molecule has 0 spiro atoms. The molecule has 5 nitrogen and oxygen atoms in total. The van der Waals surface area contributed by atoms with E-state index in [0.717, 1.165) is 5.56 Å². The number of nitrogens with one attached hydrogen (secondary N) is 1. The molecule has 0 saturated heterocycles. The second-order valence-electron chi connectivity index (χ2n) is 4.53. The van der Waals surface area contributed by atoms with Gasteiger partial charge in [0, 0.05) is 6.20 Å². The van der Waals surface area contributed by atoms with E-state index in [4.69, 9.17) is 5.11 Å². The summed E-state index contributed by atoms with van der Waals surface area (Å²) < 4.78 is 26.8. The number of hydrogen-bond acceptors (Lipinski definition) is 4. The number of anilines is 1. The molecule has 1 aromatic carbocycles. The number of hydrogen-bond donors (Lipinski definition) is 2. The Kier molecular flexibility index (Phi) is 4.36. The van der Waals surface area contributed by atoms with Gasteiger partial charge in [0.1, 0.15) is 0 Å². The zero-order chi connectivity index (χ0) is 14.6. The third kappa shape index (κ3) is 3.79. The van der Waals surface area contributed by atoms with Crippen LogP contribution in [0, 0.1) is 6.92 Å². The molecule has 0 saturated carbocycles. The van der Waals surface area contributed by atoms with Crippen molar-refractivity contribution in [1.82, 2.24) is 4.98 Å². The molecule has 0 aliphatic heterocycles. The third-order valence-corrected chi connectivity index (χ3v) is 4.08. The number of aliphatic hydroxyl groups excluding tert-OH is 1. The summed E-state index contributed by atoms with van der Waals surface area (Å²) in [5, 5.41) is 9.06. The summed E-state index contributed by atoms with van der Waals surface area (Å²) in [5.41, 5.74) is 2.61. The van der Waals surface area contributed by atoms with Crippen molar-refractivity contribution in [2.45, 2.75) is 19.3 Å². The Hall–Kier alpha value is -1.92. The zero-order valence-electron chi connectivity index (χ0n) is 11.1.